The summed E-state index contributed by atoms with van der Waals surface area (Å²) in [5.74, 6) is -0.166. The Hall–Kier alpha value is -2.74. The maximum Gasteiger partial charge on any atom is 0.275 e. The first-order valence-electron chi connectivity index (χ1n) is 8.64. The number of amides is 1. The number of hydrogen-bond acceptors (Lipinski definition) is 4. The Morgan fingerprint density at radius 1 is 1.15 bits per heavy atom. The summed E-state index contributed by atoms with van der Waals surface area (Å²) in [4.78, 5) is 36.3. The van der Waals surface area contributed by atoms with Crippen molar-refractivity contribution in [1.82, 2.24) is 24.0 Å². The molecule has 7 nitrogen and oxygen atoms in total. The van der Waals surface area contributed by atoms with Gasteiger partial charge in [0.25, 0.3) is 11.5 Å². The van der Waals surface area contributed by atoms with E-state index in [1.807, 2.05) is 32.0 Å². The van der Waals surface area contributed by atoms with E-state index in [0.717, 1.165) is 16.0 Å². The number of aromatic nitrogens is 4. The Kier molecular flexibility index (Phi) is 4.43. The number of halogens is 1. The maximum absolute atomic E-state index is 13.0. The number of aryl methyl sites for hydroxylation is 1. The minimum Gasteiger partial charge on any atom is -0.327 e. The van der Waals surface area contributed by atoms with Crippen LogP contribution in [0, 0.1) is 6.92 Å². The normalized spacial score (nSPS) is 14.9. The van der Waals surface area contributed by atoms with Crippen molar-refractivity contribution in [1.29, 1.82) is 0 Å². The quantitative estimate of drug-likeness (QED) is 0.602. The van der Waals surface area contributed by atoms with Gasteiger partial charge in [0.15, 0.2) is 0 Å². The number of imidazole rings is 1. The van der Waals surface area contributed by atoms with Crippen LogP contribution in [-0.4, -0.2) is 36.5 Å². The fraction of sp³-hybridized carbons (Fsp3) is 0.263. The lowest BCUT2D eigenvalue weighted by molar-refractivity contribution is 0.0624. The molecule has 0 saturated carbocycles. The molecule has 27 heavy (non-hydrogen) atoms. The molecule has 0 radical (unpaired) electrons. The van der Waals surface area contributed by atoms with Gasteiger partial charge in [0.1, 0.15) is 16.0 Å². The molecule has 138 valence electrons. The van der Waals surface area contributed by atoms with E-state index < -0.39 is 0 Å². The fourth-order valence-corrected chi connectivity index (χ4v) is 3.72. The Balaban J connectivity index is 1.69. The predicted molar refractivity (Wildman–Crippen MR) is 104 cm³/mol. The summed E-state index contributed by atoms with van der Waals surface area (Å²) in [5, 5.41) is 0. The summed E-state index contributed by atoms with van der Waals surface area (Å²) in [6.45, 7) is 4.71. The van der Waals surface area contributed by atoms with Gasteiger partial charge in [-0.05, 0) is 54.0 Å². The first-order valence-corrected chi connectivity index (χ1v) is 9.43. The standard InChI is InChI=1S/C19H18BrN5O2/c1-12-10-23(11-21-12)15-6-7-16-19(27)24(8-9-25(16)18(15)26)13(2)14-4-3-5-17(20)22-14/h3-7,10-11,13H,8-9H2,1-2H3. The Bertz CT molecular complexity index is 1090. The van der Waals surface area contributed by atoms with Crippen molar-refractivity contribution >= 4 is 21.8 Å². The Labute approximate surface area is 164 Å². The molecule has 0 fully saturated rings. The van der Waals surface area contributed by atoms with Crippen LogP contribution < -0.4 is 5.56 Å². The zero-order valence-corrected chi connectivity index (χ0v) is 16.5. The molecule has 4 rings (SSSR count). The van der Waals surface area contributed by atoms with Gasteiger partial charge in [-0.3, -0.25) is 9.59 Å². The van der Waals surface area contributed by atoms with E-state index in [0.29, 0.717) is 24.5 Å². The highest BCUT2D eigenvalue weighted by Gasteiger charge is 2.30. The molecule has 1 aliphatic heterocycles. The van der Waals surface area contributed by atoms with E-state index in [4.69, 9.17) is 0 Å². The van der Waals surface area contributed by atoms with Gasteiger partial charge in [-0.15, -0.1) is 0 Å². The molecule has 4 heterocycles. The zero-order valence-electron chi connectivity index (χ0n) is 15.0. The minimum absolute atomic E-state index is 0.166. The van der Waals surface area contributed by atoms with E-state index in [1.54, 1.807) is 38.7 Å². The third-order valence-corrected chi connectivity index (χ3v) is 5.26. The van der Waals surface area contributed by atoms with Crippen LogP contribution in [0.1, 0.15) is 34.8 Å². The summed E-state index contributed by atoms with van der Waals surface area (Å²) >= 11 is 3.37. The van der Waals surface area contributed by atoms with E-state index >= 15 is 0 Å². The minimum atomic E-state index is -0.189. The van der Waals surface area contributed by atoms with E-state index in [-0.39, 0.29) is 17.5 Å². The Morgan fingerprint density at radius 3 is 2.67 bits per heavy atom. The fourth-order valence-electron chi connectivity index (χ4n) is 3.37. The first-order chi connectivity index (χ1) is 13.0. The van der Waals surface area contributed by atoms with E-state index in [1.165, 1.54) is 0 Å². The zero-order chi connectivity index (χ0) is 19.1. The highest BCUT2D eigenvalue weighted by atomic mass is 79.9. The summed E-state index contributed by atoms with van der Waals surface area (Å²) in [5.41, 5.74) is 2.33. The van der Waals surface area contributed by atoms with Gasteiger partial charge in [0, 0.05) is 19.3 Å². The van der Waals surface area contributed by atoms with Crippen LogP contribution >= 0.6 is 15.9 Å². The van der Waals surface area contributed by atoms with Crippen molar-refractivity contribution in [2.24, 2.45) is 0 Å². The lowest BCUT2D eigenvalue weighted by atomic mass is 10.1. The molecule has 0 saturated heterocycles. The van der Waals surface area contributed by atoms with E-state index in [9.17, 15) is 9.59 Å². The lowest BCUT2D eigenvalue weighted by Crippen LogP contribution is -2.46. The van der Waals surface area contributed by atoms with Gasteiger partial charge >= 0.3 is 0 Å². The monoisotopic (exact) mass is 427 g/mol. The van der Waals surface area contributed by atoms with Crippen molar-refractivity contribution in [2.75, 3.05) is 6.54 Å². The van der Waals surface area contributed by atoms with Crippen LogP contribution in [0.25, 0.3) is 5.69 Å². The molecule has 1 atom stereocenters. The third kappa shape index (κ3) is 3.10. The summed E-state index contributed by atoms with van der Waals surface area (Å²) in [7, 11) is 0. The van der Waals surface area contributed by atoms with E-state index in [2.05, 4.69) is 25.9 Å². The second kappa shape index (κ2) is 6.77. The topological polar surface area (TPSA) is 73.0 Å². The average Bonchev–Trinajstić information content (AvgIpc) is 3.08. The molecule has 0 spiro atoms. The number of pyridine rings is 2. The highest BCUT2D eigenvalue weighted by Crippen LogP contribution is 2.24. The summed E-state index contributed by atoms with van der Waals surface area (Å²) < 4.78 is 3.97. The molecular formula is C19H18BrN5O2. The molecule has 1 aliphatic rings. The highest BCUT2D eigenvalue weighted by molar-refractivity contribution is 9.10. The number of carbonyl (C=O) groups is 1. The van der Waals surface area contributed by atoms with Crippen molar-refractivity contribution in [3.05, 3.63) is 74.9 Å². The number of carbonyl (C=O) groups excluding carboxylic acids is 1. The second-order valence-electron chi connectivity index (χ2n) is 6.54. The summed E-state index contributed by atoms with van der Waals surface area (Å²) in [6.07, 6.45) is 3.40. The maximum atomic E-state index is 13.0. The van der Waals surface area contributed by atoms with Crippen LogP contribution in [0.5, 0.6) is 0 Å². The second-order valence-corrected chi connectivity index (χ2v) is 7.36. The molecule has 0 bridgehead atoms. The van der Waals surface area contributed by atoms with Crippen LogP contribution in [-0.2, 0) is 6.54 Å². The molecule has 0 aromatic carbocycles. The van der Waals surface area contributed by atoms with Crippen molar-refractivity contribution in [3.8, 4) is 5.69 Å². The van der Waals surface area contributed by atoms with Crippen molar-refractivity contribution in [3.63, 3.8) is 0 Å². The SMILES string of the molecule is Cc1cn(-c2ccc3n(c2=O)CCN(C(C)c2cccc(Br)n2)C3=O)cn1. The van der Waals surface area contributed by atoms with Crippen molar-refractivity contribution < 1.29 is 4.79 Å². The van der Waals surface area contributed by atoms with Crippen LogP contribution in [0.15, 0.2) is 52.3 Å². The number of hydrogen-bond donors (Lipinski definition) is 0. The molecule has 8 heteroatoms. The summed E-state index contributed by atoms with van der Waals surface area (Å²) in [6, 6.07) is 8.85. The third-order valence-electron chi connectivity index (χ3n) is 4.82. The number of fused-ring (bicyclic) bond motifs is 1. The van der Waals surface area contributed by atoms with Crippen LogP contribution in [0.2, 0.25) is 0 Å². The van der Waals surface area contributed by atoms with Crippen LogP contribution in [0.4, 0.5) is 0 Å². The van der Waals surface area contributed by atoms with Gasteiger partial charge in [0.05, 0.1) is 23.8 Å². The largest absolute Gasteiger partial charge is 0.327 e. The lowest BCUT2D eigenvalue weighted by Gasteiger charge is -2.34. The van der Waals surface area contributed by atoms with Gasteiger partial charge in [-0.2, -0.15) is 0 Å². The van der Waals surface area contributed by atoms with Gasteiger partial charge < -0.3 is 14.0 Å². The van der Waals surface area contributed by atoms with Crippen molar-refractivity contribution in [2.45, 2.75) is 26.4 Å². The molecule has 0 N–H and O–H groups in total. The molecule has 1 unspecified atom stereocenters. The van der Waals surface area contributed by atoms with Gasteiger partial charge in [-0.25, -0.2) is 9.97 Å². The first kappa shape index (κ1) is 17.7. The predicted octanol–water partition coefficient (Wildman–Crippen LogP) is 2.72. The van der Waals surface area contributed by atoms with Crippen LogP contribution in [0.3, 0.4) is 0 Å². The molecule has 3 aromatic heterocycles. The molecular weight excluding hydrogens is 410 g/mol. The molecule has 1 amide bonds. The number of rotatable bonds is 3. The smallest absolute Gasteiger partial charge is 0.275 e. The number of nitrogens with zero attached hydrogens (tertiary/aromatic N) is 5. The molecule has 3 aromatic rings. The average molecular weight is 428 g/mol. The molecule has 0 aliphatic carbocycles. The van der Waals surface area contributed by atoms with Gasteiger partial charge in [0.2, 0.25) is 0 Å². The van der Waals surface area contributed by atoms with Gasteiger partial charge in [-0.1, -0.05) is 6.07 Å². The Morgan fingerprint density at radius 2 is 1.96 bits per heavy atom.